The Morgan fingerprint density at radius 1 is 1.27 bits per heavy atom. The third kappa shape index (κ3) is 3.14. The number of amides is 1. The van der Waals surface area contributed by atoms with Crippen LogP contribution in [0.2, 0.25) is 0 Å². The maximum atomic E-state index is 12.5. The van der Waals surface area contributed by atoms with Gasteiger partial charge >= 0.3 is 0 Å². The molecule has 3 rings (SSSR count). The number of benzene rings is 1. The lowest BCUT2D eigenvalue weighted by molar-refractivity contribution is 0.0724. The van der Waals surface area contributed by atoms with Crippen molar-refractivity contribution in [2.24, 2.45) is 0 Å². The molecule has 2 aromatic rings. The lowest BCUT2D eigenvalue weighted by atomic mass is 10.1. The molecule has 0 radical (unpaired) electrons. The van der Waals surface area contributed by atoms with E-state index in [4.69, 9.17) is 5.26 Å². The summed E-state index contributed by atoms with van der Waals surface area (Å²) >= 11 is 0. The Balaban J connectivity index is 1.74. The molecule has 1 aliphatic rings. The van der Waals surface area contributed by atoms with Crippen LogP contribution in [0.1, 0.15) is 41.0 Å². The first kappa shape index (κ1) is 14.3. The molecule has 0 aliphatic carbocycles. The van der Waals surface area contributed by atoms with Crippen LogP contribution in [-0.2, 0) is 6.54 Å². The minimum atomic E-state index is 0.0952. The van der Waals surface area contributed by atoms with Gasteiger partial charge in [0.05, 0.1) is 6.54 Å². The number of hydrogen-bond acceptors (Lipinski definition) is 4. The monoisotopic (exact) mass is 295 g/mol. The predicted octanol–water partition coefficient (Wildman–Crippen LogP) is 1.82. The molecule has 1 aromatic heterocycles. The highest BCUT2D eigenvalue weighted by molar-refractivity contribution is 5.94. The van der Waals surface area contributed by atoms with Crippen LogP contribution in [0, 0.1) is 11.3 Å². The van der Waals surface area contributed by atoms with E-state index >= 15 is 0 Å². The molecule has 1 fully saturated rings. The zero-order chi connectivity index (χ0) is 15.4. The molecule has 1 aliphatic heterocycles. The van der Waals surface area contributed by atoms with E-state index in [1.165, 1.54) is 12.7 Å². The first-order valence-electron chi connectivity index (χ1n) is 7.44. The lowest BCUT2D eigenvalue weighted by Gasteiger charge is -2.26. The Hall–Kier alpha value is -2.68. The molecule has 112 valence electrons. The van der Waals surface area contributed by atoms with Crippen molar-refractivity contribution in [1.29, 1.82) is 5.26 Å². The third-order valence-corrected chi connectivity index (χ3v) is 3.80. The zero-order valence-electron chi connectivity index (χ0n) is 12.3. The van der Waals surface area contributed by atoms with Crippen molar-refractivity contribution in [3.63, 3.8) is 0 Å². The molecule has 0 atom stereocenters. The highest BCUT2D eigenvalue weighted by Gasteiger charge is 2.18. The summed E-state index contributed by atoms with van der Waals surface area (Å²) < 4.78 is 1.60. The van der Waals surface area contributed by atoms with E-state index in [0.717, 1.165) is 31.5 Å². The van der Waals surface area contributed by atoms with Gasteiger partial charge in [-0.2, -0.15) is 5.26 Å². The number of nitriles is 1. The molecule has 6 nitrogen and oxygen atoms in total. The van der Waals surface area contributed by atoms with Gasteiger partial charge in [-0.15, -0.1) is 5.10 Å². The molecule has 6 heteroatoms. The number of carbonyl (C=O) groups is 1. The summed E-state index contributed by atoms with van der Waals surface area (Å²) in [6.07, 6.45) is 4.90. The standard InChI is InChI=1S/C16H17N5O/c17-10-15-18-12-21(19-15)11-13-5-4-6-14(9-13)16(22)20-7-2-1-3-8-20/h4-6,9,12H,1-3,7-8,11H2. The number of likely N-dealkylation sites (tertiary alicyclic amines) is 1. The summed E-state index contributed by atoms with van der Waals surface area (Å²) in [5.74, 6) is 0.249. The van der Waals surface area contributed by atoms with Gasteiger partial charge in [0, 0.05) is 18.7 Å². The molecule has 2 heterocycles. The molecule has 1 aromatic carbocycles. The van der Waals surface area contributed by atoms with Crippen LogP contribution in [-0.4, -0.2) is 38.7 Å². The Morgan fingerprint density at radius 2 is 2.09 bits per heavy atom. The Bertz CT molecular complexity index is 709. The van der Waals surface area contributed by atoms with Gasteiger partial charge < -0.3 is 4.90 Å². The second kappa shape index (κ2) is 6.39. The second-order valence-electron chi connectivity index (χ2n) is 5.43. The Kier molecular flexibility index (Phi) is 4.15. The average Bonchev–Trinajstić information content (AvgIpc) is 3.03. The number of rotatable bonds is 3. The van der Waals surface area contributed by atoms with Crippen molar-refractivity contribution in [3.05, 3.63) is 47.5 Å². The minimum Gasteiger partial charge on any atom is -0.339 e. The second-order valence-corrected chi connectivity index (χ2v) is 5.43. The number of piperidine rings is 1. The van der Waals surface area contributed by atoms with E-state index in [2.05, 4.69) is 10.1 Å². The number of carbonyl (C=O) groups excluding carboxylic acids is 1. The van der Waals surface area contributed by atoms with Gasteiger partial charge in [0.25, 0.3) is 11.7 Å². The molecule has 0 bridgehead atoms. The Labute approximate surface area is 129 Å². The lowest BCUT2D eigenvalue weighted by Crippen LogP contribution is -2.35. The quantitative estimate of drug-likeness (QED) is 0.865. The summed E-state index contributed by atoms with van der Waals surface area (Å²) in [6.45, 7) is 2.19. The smallest absolute Gasteiger partial charge is 0.253 e. The van der Waals surface area contributed by atoms with Crippen LogP contribution in [0.15, 0.2) is 30.6 Å². The van der Waals surface area contributed by atoms with Gasteiger partial charge in [-0.25, -0.2) is 9.67 Å². The summed E-state index contributed by atoms with van der Waals surface area (Å²) in [4.78, 5) is 18.3. The Morgan fingerprint density at radius 3 is 2.82 bits per heavy atom. The highest BCUT2D eigenvalue weighted by atomic mass is 16.2. The van der Waals surface area contributed by atoms with Crippen LogP contribution in [0.3, 0.4) is 0 Å². The highest BCUT2D eigenvalue weighted by Crippen LogP contribution is 2.14. The maximum Gasteiger partial charge on any atom is 0.253 e. The van der Waals surface area contributed by atoms with Gasteiger partial charge in [0.2, 0.25) is 0 Å². The average molecular weight is 295 g/mol. The SMILES string of the molecule is N#Cc1ncn(Cc2cccc(C(=O)N3CCCCC3)c2)n1. The summed E-state index contributed by atoms with van der Waals surface area (Å²) in [5, 5.41) is 12.8. The summed E-state index contributed by atoms with van der Waals surface area (Å²) in [5.41, 5.74) is 1.68. The van der Waals surface area contributed by atoms with Crippen LogP contribution in [0.25, 0.3) is 0 Å². The summed E-state index contributed by atoms with van der Waals surface area (Å²) in [6, 6.07) is 9.47. The molecule has 0 saturated carbocycles. The molecule has 0 N–H and O–H groups in total. The van der Waals surface area contributed by atoms with Crippen molar-refractivity contribution in [2.75, 3.05) is 13.1 Å². The van der Waals surface area contributed by atoms with E-state index in [-0.39, 0.29) is 11.7 Å². The molecule has 0 unspecified atom stereocenters. The molecule has 0 spiro atoms. The minimum absolute atomic E-state index is 0.0952. The number of nitrogens with zero attached hydrogens (tertiary/aromatic N) is 5. The van der Waals surface area contributed by atoms with Gasteiger partial charge in [-0.3, -0.25) is 4.79 Å². The van der Waals surface area contributed by atoms with E-state index < -0.39 is 0 Å². The van der Waals surface area contributed by atoms with Crippen molar-refractivity contribution in [2.45, 2.75) is 25.8 Å². The predicted molar refractivity (Wildman–Crippen MR) is 80.0 cm³/mol. The van der Waals surface area contributed by atoms with Crippen LogP contribution < -0.4 is 0 Å². The van der Waals surface area contributed by atoms with Gasteiger partial charge in [-0.05, 0) is 37.0 Å². The molecule has 22 heavy (non-hydrogen) atoms. The first-order valence-corrected chi connectivity index (χ1v) is 7.44. The number of aromatic nitrogens is 3. The fraction of sp³-hybridized carbons (Fsp3) is 0.375. The van der Waals surface area contributed by atoms with E-state index in [0.29, 0.717) is 12.1 Å². The van der Waals surface area contributed by atoms with Crippen LogP contribution in [0.4, 0.5) is 0 Å². The fourth-order valence-corrected chi connectivity index (χ4v) is 2.69. The molecular formula is C16H17N5O. The summed E-state index contributed by atoms with van der Waals surface area (Å²) in [7, 11) is 0. The zero-order valence-corrected chi connectivity index (χ0v) is 12.3. The van der Waals surface area contributed by atoms with Crippen LogP contribution in [0.5, 0.6) is 0 Å². The van der Waals surface area contributed by atoms with Gasteiger partial charge in [0.15, 0.2) is 0 Å². The van der Waals surface area contributed by atoms with Gasteiger partial charge in [-0.1, -0.05) is 12.1 Å². The third-order valence-electron chi connectivity index (χ3n) is 3.80. The topological polar surface area (TPSA) is 74.8 Å². The first-order chi connectivity index (χ1) is 10.8. The fourth-order valence-electron chi connectivity index (χ4n) is 2.69. The van der Waals surface area contributed by atoms with Gasteiger partial charge in [0.1, 0.15) is 12.4 Å². The molecule has 1 amide bonds. The normalized spacial score (nSPS) is 14.6. The van der Waals surface area contributed by atoms with E-state index in [1.807, 2.05) is 35.2 Å². The van der Waals surface area contributed by atoms with E-state index in [9.17, 15) is 4.79 Å². The van der Waals surface area contributed by atoms with Crippen molar-refractivity contribution >= 4 is 5.91 Å². The molecule has 1 saturated heterocycles. The van der Waals surface area contributed by atoms with Crippen molar-refractivity contribution in [3.8, 4) is 6.07 Å². The maximum absolute atomic E-state index is 12.5. The number of hydrogen-bond donors (Lipinski definition) is 0. The van der Waals surface area contributed by atoms with E-state index in [1.54, 1.807) is 4.68 Å². The van der Waals surface area contributed by atoms with Crippen molar-refractivity contribution in [1.82, 2.24) is 19.7 Å². The van der Waals surface area contributed by atoms with Crippen molar-refractivity contribution < 1.29 is 4.79 Å². The largest absolute Gasteiger partial charge is 0.339 e. The molecular weight excluding hydrogens is 278 g/mol. The van der Waals surface area contributed by atoms with Crippen LogP contribution >= 0.6 is 0 Å².